The second-order valence-electron chi connectivity index (χ2n) is 7.10. The van der Waals surface area contributed by atoms with Crippen molar-refractivity contribution < 1.29 is 14.3 Å². The number of rotatable bonds is 5. The van der Waals surface area contributed by atoms with Crippen molar-refractivity contribution in [3.63, 3.8) is 0 Å². The van der Waals surface area contributed by atoms with Gasteiger partial charge in [0, 0.05) is 13.1 Å². The molecule has 1 spiro atoms. The first-order valence-corrected chi connectivity index (χ1v) is 8.81. The summed E-state index contributed by atoms with van der Waals surface area (Å²) in [6.45, 7) is 4.27. The summed E-state index contributed by atoms with van der Waals surface area (Å²) >= 11 is 0. The Kier molecular flexibility index (Phi) is 5.41. The minimum Gasteiger partial charge on any atom is -0.497 e. The number of methoxy groups -OCH3 is 2. The zero-order valence-corrected chi connectivity index (χ0v) is 14.7. The Morgan fingerprint density at radius 2 is 1.96 bits per heavy atom. The van der Waals surface area contributed by atoms with Crippen LogP contribution in [0.25, 0.3) is 0 Å². The van der Waals surface area contributed by atoms with Gasteiger partial charge in [0.15, 0.2) is 0 Å². The van der Waals surface area contributed by atoms with Gasteiger partial charge in [0.05, 0.1) is 14.2 Å². The maximum atomic E-state index is 11.7. The third kappa shape index (κ3) is 3.90. The second-order valence-corrected chi connectivity index (χ2v) is 7.10. The Labute approximate surface area is 144 Å². The molecule has 2 aliphatic heterocycles. The van der Waals surface area contributed by atoms with Gasteiger partial charge in [-0.15, -0.1) is 0 Å². The standard InChI is InChI=1S/C19H28N2O3/c1-23-16-5-3-15(4-6-16)7-10-21-11-8-19(9-12-21)13-17(20-14-19)18(22)24-2/h3-6,17,20H,7-14H2,1-2H3. The first-order valence-electron chi connectivity index (χ1n) is 8.81. The van der Waals surface area contributed by atoms with Crippen LogP contribution in [-0.4, -0.2) is 57.3 Å². The summed E-state index contributed by atoms with van der Waals surface area (Å²) in [5.74, 6) is 0.793. The number of esters is 1. The number of likely N-dealkylation sites (tertiary alicyclic amines) is 1. The van der Waals surface area contributed by atoms with Gasteiger partial charge in [-0.3, -0.25) is 4.79 Å². The SMILES string of the molecule is COC(=O)C1CC2(CCN(CCc3ccc(OC)cc3)CC2)CN1. The number of hydrogen-bond acceptors (Lipinski definition) is 5. The number of ether oxygens (including phenoxy) is 2. The monoisotopic (exact) mass is 332 g/mol. The number of carbonyl (C=O) groups excluding carboxylic acids is 1. The molecule has 0 bridgehead atoms. The van der Waals surface area contributed by atoms with Crippen molar-refractivity contribution in [2.24, 2.45) is 5.41 Å². The molecule has 0 saturated carbocycles. The van der Waals surface area contributed by atoms with Crippen molar-refractivity contribution in [3.8, 4) is 5.75 Å². The van der Waals surface area contributed by atoms with Crippen LogP contribution in [0.15, 0.2) is 24.3 Å². The Morgan fingerprint density at radius 1 is 1.25 bits per heavy atom. The van der Waals surface area contributed by atoms with E-state index in [1.165, 1.54) is 12.7 Å². The first kappa shape index (κ1) is 17.2. The van der Waals surface area contributed by atoms with Crippen LogP contribution in [0.4, 0.5) is 0 Å². The quantitative estimate of drug-likeness (QED) is 0.834. The molecule has 5 nitrogen and oxygen atoms in total. The van der Waals surface area contributed by atoms with Crippen molar-refractivity contribution in [2.45, 2.75) is 31.7 Å². The average molecular weight is 332 g/mol. The van der Waals surface area contributed by atoms with Gasteiger partial charge >= 0.3 is 5.97 Å². The molecule has 2 heterocycles. The highest BCUT2D eigenvalue weighted by Gasteiger charge is 2.43. The summed E-state index contributed by atoms with van der Waals surface area (Å²) in [6.07, 6.45) is 4.32. The van der Waals surface area contributed by atoms with Gasteiger partial charge in [0.25, 0.3) is 0 Å². The second kappa shape index (κ2) is 7.53. The maximum Gasteiger partial charge on any atom is 0.322 e. The molecule has 0 amide bonds. The minimum atomic E-state index is -0.117. The number of benzene rings is 1. The molecule has 1 atom stereocenters. The summed E-state index contributed by atoms with van der Waals surface area (Å²) in [7, 11) is 3.16. The van der Waals surface area contributed by atoms with E-state index in [1.807, 2.05) is 12.1 Å². The van der Waals surface area contributed by atoms with E-state index in [-0.39, 0.29) is 17.4 Å². The lowest BCUT2D eigenvalue weighted by atomic mass is 9.76. The Balaban J connectivity index is 1.44. The molecule has 1 unspecified atom stereocenters. The summed E-state index contributed by atoms with van der Waals surface area (Å²) in [5, 5.41) is 3.35. The highest BCUT2D eigenvalue weighted by molar-refractivity contribution is 5.76. The molecule has 2 aliphatic rings. The van der Waals surface area contributed by atoms with Crippen molar-refractivity contribution in [2.75, 3.05) is 40.4 Å². The molecule has 1 N–H and O–H groups in total. The lowest BCUT2D eigenvalue weighted by Crippen LogP contribution is -2.41. The van der Waals surface area contributed by atoms with E-state index in [4.69, 9.17) is 9.47 Å². The van der Waals surface area contributed by atoms with Gasteiger partial charge < -0.3 is 19.7 Å². The van der Waals surface area contributed by atoms with E-state index < -0.39 is 0 Å². The molecule has 0 aromatic heterocycles. The average Bonchev–Trinajstić information content (AvgIpc) is 3.05. The third-order valence-corrected chi connectivity index (χ3v) is 5.64. The maximum absolute atomic E-state index is 11.7. The van der Waals surface area contributed by atoms with E-state index in [9.17, 15) is 4.79 Å². The third-order valence-electron chi connectivity index (χ3n) is 5.64. The number of carbonyl (C=O) groups is 1. The normalized spacial score (nSPS) is 23.3. The van der Waals surface area contributed by atoms with E-state index in [2.05, 4.69) is 22.3 Å². The zero-order chi connectivity index (χ0) is 17.0. The van der Waals surface area contributed by atoms with Gasteiger partial charge in [-0.25, -0.2) is 0 Å². The van der Waals surface area contributed by atoms with Crippen LogP contribution in [-0.2, 0) is 16.0 Å². The first-order chi connectivity index (χ1) is 11.6. The molecule has 0 aliphatic carbocycles. The van der Waals surface area contributed by atoms with E-state index in [0.29, 0.717) is 0 Å². The van der Waals surface area contributed by atoms with Crippen molar-refractivity contribution >= 4 is 5.97 Å². The molecule has 1 aromatic rings. The smallest absolute Gasteiger partial charge is 0.322 e. The molecular weight excluding hydrogens is 304 g/mol. The molecular formula is C19H28N2O3. The molecule has 0 radical (unpaired) electrons. The van der Waals surface area contributed by atoms with Gasteiger partial charge in [-0.1, -0.05) is 12.1 Å². The van der Waals surface area contributed by atoms with Crippen molar-refractivity contribution in [3.05, 3.63) is 29.8 Å². The largest absolute Gasteiger partial charge is 0.497 e. The predicted octanol–water partition coefficient (Wildman–Crippen LogP) is 1.85. The fourth-order valence-corrected chi connectivity index (χ4v) is 3.94. The lowest BCUT2D eigenvalue weighted by Gasteiger charge is -2.39. The van der Waals surface area contributed by atoms with Crippen molar-refractivity contribution in [1.82, 2.24) is 10.2 Å². The summed E-state index contributed by atoms with van der Waals surface area (Å²) in [5.41, 5.74) is 1.64. The summed E-state index contributed by atoms with van der Waals surface area (Å²) < 4.78 is 10.1. The Bertz CT molecular complexity index is 550. The van der Waals surface area contributed by atoms with Crippen LogP contribution in [0.3, 0.4) is 0 Å². The Hall–Kier alpha value is -1.59. The molecule has 2 fully saturated rings. The van der Waals surface area contributed by atoms with Crippen LogP contribution in [0.5, 0.6) is 5.75 Å². The summed E-state index contributed by atoms with van der Waals surface area (Å²) in [4.78, 5) is 14.2. The zero-order valence-electron chi connectivity index (χ0n) is 14.7. The van der Waals surface area contributed by atoms with Gasteiger partial charge in [0.1, 0.15) is 11.8 Å². The minimum absolute atomic E-state index is 0.110. The fourth-order valence-electron chi connectivity index (χ4n) is 3.94. The van der Waals surface area contributed by atoms with E-state index >= 15 is 0 Å². The Morgan fingerprint density at radius 3 is 2.58 bits per heavy atom. The summed E-state index contributed by atoms with van der Waals surface area (Å²) in [6, 6.07) is 8.23. The lowest BCUT2D eigenvalue weighted by molar-refractivity contribution is -0.142. The number of piperidine rings is 1. The molecule has 1 aromatic carbocycles. The van der Waals surface area contributed by atoms with E-state index in [1.54, 1.807) is 7.11 Å². The molecule has 132 valence electrons. The molecule has 5 heteroatoms. The van der Waals surface area contributed by atoms with Crippen LogP contribution in [0.2, 0.25) is 0 Å². The fraction of sp³-hybridized carbons (Fsp3) is 0.632. The van der Waals surface area contributed by atoms with Crippen LogP contribution < -0.4 is 10.1 Å². The number of nitrogens with zero attached hydrogens (tertiary/aromatic N) is 1. The predicted molar refractivity (Wildman–Crippen MR) is 93.2 cm³/mol. The number of hydrogen-bond donors (Lipinski definition) is 1. The molecule has 3 rings (SSSR count). The van der Waals surface area contributed by atoms with Crippen molar-refractivity contribution in [1.29, 1.82) is 0 Å². The number of nitrogens with one attached hydrogen (secondary N) is 1. The highest BCUT2D eigenvalue weighted by Crippen LogP contribution is 2.39. The highest BCUT2D eigenvalue weighted by atomic mass is 16.5. The van der Waals surface area contributed by atoms with Crippen LogP contribution >= 0.6 is 0 Å². The van der Waals surface area contributed by atoms with Gasteiger partial charge in [-0.05, 0) is 61.9 Å². The van der Waals surface area contributed by atoms with E-state index in [0.717, 1.165) is 57.6 Å². The van der Waals surface area contributed by atoms with Gasteiger partial charge in [0.2, 0.25) is 0 Å². The van der Waals surface area contributed by atoms with Crippen LogP contribution in [0, 0.1) is 5.41 Å². The molecule has 2 saturated heterocycles. The van der Waals surface area contributed by atoms with Crippen LogP contribution in [0.1, 0.15) is 24.8 Å². The topological polar surface area (TPSA) is 50.8 Å². The molecule has 24 heavy (non-hydrogen) atoms. The van der Waals surface area contributed by atoms with Gasteiger partial charge in [-0.2, -0.15) is 0 Å².